The molecule has 1 N–H and O–H groups in total. The molecule has 0 bridgehead atoms. The highest BCUT2D eigenvalue weighted by atomic mass is 32.2. The minimum Gasteiger partial charge on any atom is -0.316 e. The SMILES string of the molecule is CCC1(CNCC2CCCN(S(C)(=O)=O)C2)CCC1. The Kier molecular flexibility index (Phi) is 4.90. The Bertz CT molecular complexity index is 385. The van der Waals surface area contributed by atoms with E-state index >= 15 is 0 Å². The van der Waals surface area contributed by atoms with Crippen LogP contribution in [-0.2, 0) is 10.0 Å². The molecule has 0 amide bonds. The van der Waals surface area contributed by atoms with E-state index in [0.717, 1.165) is 25.9 Å². The number of piperidine rings is 1. The Morgan fingerprint density at radius 2 is 2.05 bits per heavy atom. The van der Waals surface area contributed by atoms with Crippen molar-refractivity contribution < 1.29 is 8.42 Å². The maximum Gasteiger partial charge on any atom is 0.211 e. The Labute approximate surface area is 118 Å². The van der Waals surface area contributed by atoms with Crippen molar-refractivity contribution in [3.8, 4) is 0 Å². The third kappa shape index (κ3) is 3.92. The number of sulfonamides is 1. The lowest BCUT2D eigenvalue weighted by Crippen LogP contribution is -2.45. The molecule has 0 spiro atoms. The van der Waals surface area contributed by atoms with Gasteiger partial charge in [0, 0.05) is 19.6 Å². The van der Waals surface area contributed by atoms with E-state index in [1.54, 1.807) is 4.31 Å². The third-order valence-electron chi connectivity index (χ3n) is 5.05. The molecule has 0 aromatic carbocycles. The molecule has 1 aliphatic carbocycles. The van der Waals surface area contributed by atoms with Crippen LogP contribution in [0.4, 0.5) is 0 Å². The van der Waals surface area contributed by atoms with Crippen LogP contribution in [0.5, 0.6) is 0 Å². The van der Waals surface area contributed by atoms with Crippen molar-refractivity contribution in [3.05, 3.63) is 0 Å². The normalized spacial score (nSPS) is 28.0. The van der Waals surface area contributed by atoms with Gasteiger partial charge in [-0.05, 0) is 50.0 Å². The molecule has 1 unspecified atom stereocenters. The van der Waals surface area contributed by atoms with E-state index in [1.807, 2.05) is 0 Å². The van der Waals surface area contributed by atoms with Crippen molar-refractivity contribution in [2.24, 2.45) is 11.3 Å². The summed E-state index contributed by atoms with van der Waals surface area (Å²) in [5.74, 6) is 0.484. The number of rotatable bonds is 6. The first-order valence-electron chi connectivity index (χ1n) is 7.61. The first kappa shape index (κ1) is 15.3. The number of nitrogens with one attached hydrogen (secondary N) is 1. The molecule has 0 aromatic heterocycles. The molecule has 112 valence electrons. The summed E-state index contributed by atoms with van der Waals surface area (Å²) in [4.78, 5) is 0. The van der Waals surface area contributed by atoms with Crippen LogP contribution < -0.4 is 5.32 Å². The molecule has 5 heteroatoms. The van der Waals surface area contributed by atoms with Crippen LogP contribution in [0.15, 0.2) is 0 Å². The Morgan fingerprint density at radius 3 is 2.58 bits per heavy atom. The molecule has 1 heterocycles. The molecule has 2 rings (SSSR count). The van der Waals surface area contributed by atoms with Gasteiger partial charge >= 0.3 is 0 Å². The molecule has 1 saturated carbocycles. The van der Waals surface area contributed by atoms with E-state index in [1.165, 1.54) is 31.9 Å². The average molecular weight is 288 g/mol. The zero-order chi connectivity index (χ0) is 13.9. The predicted molar refractivity (Wildman–Crippen MR) is 78.6 cm³/mol. The summed E-state index contributed by atoms with van der Waals surface area (Å²) < 4.78 is 24.8. The first-order valence-corrected chi connectivity index (χ1v) is 9.46. The van der Waals surface area contributed by atoms with Gasteiger partial charge in [0.2, 0.25) is 10.0 Å². The van der Waals surface area contributed by atoms with Crippen molar-refractivity contribution in [1.82, 2.24) is 9.62 Å². The minimum atomic E-state index is -3.00. The summed E-state index contributed by atoms with van der Waals surface area (Å²) in [6.45, 7) is 5.76. The van der Waals surface area contributed by atoms with E-state index in [2.05, 4.69) is 12.2 Å². The Morgan fingerprint density at radius 1 is 1.32 bits per heavy atom. The van der Waals surface area contributed by atoms with Crippen LogP contribution >= 0.6 is 0 Å². The highest BCUT2D eigenvalue weighted by Gasteiger charge is 2.34. The molecule has 1 atom stereocenters. The molecular formula is C14H28N2O2S. The second-order valence-electron chi connectivity index (χ2n) is 6.47. The van der Waals surface area contributed by atoms with Gasteiger partial charge < -0.3 is 5.32 Å². The molecular weight excluding hydrogens is 260 g/mol. The fourth-order valence-electron chi connectivity index (χ4n) is 3.37. The van der Waals surface area contributed by atoms with E-state index in [9.17, 15) is 8.42 Å². The molecule has 19 heavy (non-hydrogen) atoms. The topological polar surface area (TPSA) is 49.4 Å². The summed E-state index contributed by atoms with van der Waals surface area (Å²) in [6, 6.07) is 0. The highest BCUT2D eigenvalue weighted by Crippen LogP contribution is 2.43. The van der Waals surface area contributed by atoms with Crippen LogP contribution in [0, 0.1) is 11.3 Å². The standard InChI is InChI=1S/C14H28N2O2S/c1-3-14(7-5-8-14)12-15-10-13-6-4-9-16(11-13)19(2,17)18/h13,15H,3-12H2,1-2H3. The largest absolute Gasteiger partial charge is 0.316 e. The summed E-state index contributed by atoms with van der Waals surface area (Å²) >= 11 is 0. The predicted octanol–water partition coefficient (Wildman–Crippen LogP) is 1.83. The molecule has 4 nitrogen and oxygen atoms in total. The van der Waals surface area contributed by atoms with Crippen molar-refractivity contribution in [3.63, 3.8) is 0 Å². The first-order chi connectivity index (χ1) is 8.95. The van der Waals surface area contributed by atoms with Crippen molar-refractivity contribution in [2.75, 3.05) is 32.4 Å². The van der Waals surface area contributed by atoms with E-state index in [-0.39, 0.29) is 0 Å². The average Bonchev–Trinajstić information content (AvgIpc) is 2.32. The fourth-order valence-corrected chi connectivity index (χ4v) is 4.31. The quantitative estimate of drug-likeness (QED) is 0.811. The summed E-state index contributed by atoms with van der Waals surface area (Å²) in [7, 11) is -3.00. The smallest absolute Gasteiger partial charge is 0.211 e. The van der Waals surface area contributed by atoms with Crippen LogP contribution in [0.3, 0.4) is 0 Å². The monoisotopic (exact) mass is 288 g/mol. The van der Waals surface area contributed by atoms with Crippen molar-refractivity contribution in [2.45, 2.75) is 45.4 Å². The molecule has 2 fully saturated rings. The van der Waals surface area contributed by atoms with Crippen LogP contribution in [0.2, 0.25) is 0 Å². The van der Waals surface area contributed by atoms with Crippen LogP contribution in [0.1, 0.15) is 45.4 Å². The van der Waals surface area contributed by atoms with Crippen LogP contribution in [-0.4, -0.2) is 45.2 Å². The molecule has 2 aliphatic rings. The van der Waals surface area contributed by atoms with Crippen molar-refractivity contribution >= 4 is 10.0 Å². The van der Waals surface area contributed by atoms with Gasteiger partial charge in [-0.3, -0.25) is 0 Å². The van der Waals surface area contributed by atoms with Gasteiger partial charge in [-0.1, -0.05) is 13.3 Å². The zero-order valence-corrected chi connectivity index (χ0v) is 13.1. The van der Waals surface area contributed by atoms with Gasteiger partial charge in [0.05, 0.1) is 6.26 Å². The molecule has 0 radical (unpaired) electrons. The van der Waals surface area contributed by atoms with Gasteiger partial charge in [-0.15, -0.1) is 0 Å². The number of nitrogens with zero attached hydrogens (tertiary/aromatic N) is 1. The number of hydrogen-bond donors (Lipinski definition) is 1. The van der Waals surface area contributed by atoms with Gasteiger partial charge in [-0.25, -0.2) is 12.7 Å². The lowest BCUT2D eigenvalue weighted by atomic mass is 9.67. The minimum absolute atomic E-state index is 0.484. The van der Waals surface area contributed by atoms with Crippen molar-refractivity contribution in [1.29, 1.82) is 0 Å². The summed E-state index contributed by atoms with van der Waals surface area (Å²) in [5.41, 5.74) is 0.547. The van der Waals surface area contributed by atoms with E-state index in [0.29, 0.717) is 24.4 Å². The second-order valence-corrected chi connectivity index (χ2v) is 8.45. The fraction of sp³-hybridized carbons (Fsp3) is 1.00. The van der Waals surface area contributed by atoms with Gasteiger partial charge in [-0.2, -0.15) is 0 Å². The lowest BCUT2D eigenvalue weighted by Gasteiger charge is -2.42. The van der Waals surface area contributed by atoms with Gasteiger partial charge in [0.15, 0.2) is 0 Å². The van der Waals surface area contributed by atoms with Gasteiger partial charge in [0.25, 0.3) is 0 Å². The molecule has 0 aromatic rings. The lowest BCUT2D eigenvalue weighted by molar-refractivity contribution is 0.120. The third-order valence-corrected chi connectivity index (χ3v) is 6.32. The van der Waals surface area contributed by atoms with E-state index < -0.39 is 10.0 Å². The maximum absolute atomic E-state index is 11.6. The van der Waals surface area contributed by atoms with Gasteiger partial charge in [0.1, 0.15) is 0 Å². The zero-order valence-electron chi connectivity index (χ0n) is 12.3. The summed E-state index contributed by atoms with van der Waals surface area (Å²) in [5, 5.41) is 3.60. The maximum atomic E-state index is 11.6. The second kappa shape index (κ2) is 6.10. The molecule has 1 aliphatic heterocycles. The number of hydrogen-bond acceptors (Lipinski definition) is 3. The highest BCUT2D eigenvalue weighted by molar-refractivity contribution is 7.88. The Balaban J connectivity index is 1.74. The Hall–Kier alpha value is -0.130. The van der Waals surface area contributed by atoms with E-state index in [4.69, 9.17) is 0 Å². The van der Waals surface area contributed by atoms with Crippen LogP contribution in [0.25, 0.3) is 0 Å². The summed E-state index contributed by atoms with van der Waals surface area (Å²) in [6.07, 6.45) is 8.83. The molecule has 1 saturated heterocycles.